The highest BCUT2D eigenvalue weighted by Gasteiger charge is 2.16. The lowest BCUT2D eigenvalue weighted by Gasteiger charge is -2.19. The van der Waals surface area contributed by atoms with Crippen molar-refractivity contribution in [3.63, 3.8) is 0 Å². The van der Waals surface area contributed by atoms with E-state index in [1.807, 2.05) is 17.7 Å². The average Bonchev–Trinajstić information content (AvgIpc) is 2.85. The molecule has 4 nitrogen and oxygen atoms in total. The predicted molar refractivity (Wildman–Crippen MR) is 81.4 cm³/mol. The average molecular weight is 290 g/mol. The molecule has 1 unspecified atom stereocenters. The van der Waals surface area contributed by atoms with E-state index in [1.165, 1.54) is 6.07 Å². The van der Waals surface area contributed by atoms with Gasteiger partial charge in [-0.1, -0.05) is 32.9 Å². The fourth-order valence-electron chi connectivity index (χ4n) is 2.40. The number of hydrogen-bond donors (Lipinski definition) is 1. The van der Waals surface area contributed by atoms with E-state index in [2.05, 4.69) is 29.2 Å². The molecular weight excluding hydrogens is 267 g/mol. The van der Waals surface area contributed by atoms with E-state index in [-0.39, 0.29) is 11.9 Å². The van der Waals surface area contributed by atoms with Crippen LogP contribution in [-0.4, -0.2) is 21.3 Å². The second-order valence-electron chi connectivity index (χ2n) is 5.62. The van der Waals surface area contributed by atoms with Crippen LogP contribution in [0, 0.1) is 11.7 Å². The zero-order chi connectivity index (χ0) is 15.2. The summed E-state index contributed by atoms with van der Waals surface area (Å²) in [5.41, 5.74) is 0.941. The van der Waals surface area contributed by atoms with Crippen molar-refractivity contribution >= 4 is 0 Å². The van der Waals surface area contributed by atoms with Crippen molar-refractivity contribution in [2.24, 2.45) is 5.92 Å². The van der Waals surface area contributed by atoms with Gasteiger partial charge in [-0.3, -0.25) is 0 Å². The molecule has 0 saturated carbocycles. The molecule has 0 aliphatic rings. The Labute approximate surface area is 125 Å². The Morgan fingerprint density at radius 2 is 2.14 bits per heavy atom. The largest absolute Gasteiger partial charge is 0.310 e. The van der Waals surface area contributed by atoms with Crippen molar-refractivity contribution in [3.8, 4) is 0 Å². The van der Waals surface area contributed by atoms with E-state index in [9.17, 15) is 4.39 Å². The smallest absolute Gasteiger partial charge is 0.138 e. The maximum atomic E-state index is 13.4. The molecule has 0 bridgehead atoms. The van der Waals surface area contributed by atoms with Gasteiger partial charge in [0.15, 0.2) is 0 Å². The summed E-state index contributed by atoms with van der Waals surface area (Å²) in [6.07, 6.45) is 2.29. The van der Waals surface area contributed by atoms with Crippen LogP contribution >= 0.6 is 0 Å². The normalized spacial score (nSPS) is 12.8. The lowest BCUT2D eigenvalue weighted by Crippen LogP contribution is -2.25. The summed E-state index contributed by atoms with van der Waals surface area (Å²) in [7, 11) is 0. The van der Waals surface area contributed by atoms with Crippen molar-refractivity contribution < 1.29 is 4.39 Å². The summed E-state index contributed by atoms with van der Waals surface area (Å²) < 4.78 is 15.4. The zero-order valence-electron chi connectivity index (χ0n) is 12.9. The van der Waals surface area contributed by atoms with E-state index < -0.39 is 0 Å². The number of benzene rings is 1. The molecule has 5 heteroatoms. The third-order valence-electron chi connectivity index (χ3n) is 3.32. The number of hydrogen-bond acceptors (Lipinski definition) is 3. The van der Waals surface area contributed by atoms with Gasteiger partial charge in [-0.2, -0.15) is 5.10 Å². The van der Waals surface area contributed by atoms with Crippen LogP contribution in [0.15, 0.2) is 30.6 Å². The number of halogens is 1. The third kappa shape index (κ3) is 4.36. The van der Waals surface area contributed by atoms with Gasteiger partial charge in [0.1, 0.15) is 18.0 Å². The third-order valence-corrected chi connectivity index (χ3v) is 3.32. The first-order valence-corrected chi connectivity index (χ1v) is 7.45. The van der Waals surface area contributed by atoms with Crippen LogP contribution in [0.25, 0.3) is 0 Å². The molecule has 2 aromatic rings. The summed E-state index contributed by atoms with van der Waals surface area (Å²) in [5, 5.41) is 7.68. The maximum absolute atomic E-state index is 13.4. The molecule has 1 aromatic heterocycles. The second kappa shape index (κ2) is 7.31. The van der Waals surface area contributed by atoms with Gasteiger partial charge in [0.2, 0.25) is 0 Å². The molecule has 21 heavy (non-hydrogen) atoms. The molecule has 1 heterocycles. The Morgan fingerprint density at radius 3 is 2.81 bits per heavy atom. The van der Waals surface area contributed by atoms with Gasteiger partial charge < -0.3 is 5.32 Å². The van der Waals surface area contributed by atoms with Crippen molar-refractivity contribution in [1.82, 2.24) is 20.1 Å². The fourth-order valence-corrected chi connectivity index (χ4v) is 2.40. The molecule has 1 aromatic carbocycles. The van der Waals surface area contributed by atoms with Crippen LogP contribution in [-0.2, 0) is 13.0 Å². The molecule has 0 amide bonds. The van der Waals surface area contributed by atoms with E-state index in [0.717, 1.165) is 24.5 Å². The van der Waals surface area contributed by atoms with Crippen molar-refractivity contribution in [2.45, 2.75) is 39.8 Å². The molecule has 114 valence electrons. The van der Waals surface area contributed by atoms with Gasteiger partial charge in [0.25, 0.3) is 0 Å². The maximum Gasteiger partial charge on any atom is 0.138 e. The van der Waals surface area contributed by atoms with Crippen LogP contribution < -0.4 is 5.32 Å². The number of aromatic nitrogens is 3. The van der Waals surface area contributed by atoms with Gasteiger partial charge in [0, 0.05) is 19.0 Å². The summed E-state index contributed by atoms with van der Waals surface area (Å²) >= 11 is 0. The Kier molecular flexibility index (Phi) is 5.44. The summed E-state index contributed by atoms with van der Waals surface area (Å²) in [6.45, 7) is 8.02. The van der Waals surface area contributed by atoms with E-state index in [1.54, 1.807) is 18.5 Å². The van der Waals surface area contributed by atoms with Crippen LogP contribution in [0.5, 0.6) is 0 Å². The van der Waals surface area contributed by atoms with Crippen LogP contribution in [0.1, 0.15) is 38.2 Å². The fraction of sp³-hybridized carbons (Fsp3) is 0.500. The van der Waals surface area contributed by atoms with Crippen LogP contribution in [0.3, 0.4) is 0 Å². The van der Waals surface area contributed by atoms with E-state index in [0.29, 0.717) is 12.3 Å². The Balaban J connectivity index is 2.18. The first-order valence-electron chi connectivity index (χ1n) is 7.45. The molecule has 1 atom stereocenters. The van der Waals surface area contributed by atoms with Crippen molar-refractivity contribution in [3.05, 3.63) is 47.8 Å². The number of nitrogens with one attached hydrogen (secondary N) is 1. The molecular formula is C16H23FN4. The van der Waals surface area contributed by atoms with Crippen molar-refractivity contribution in [2.75, 3.05) is 6.54 Å². The van der Waals surface area contributed by atoms with Gasteiger partial charge in [0.05, 0.1) is 0 Å². The molecule has 1 N–H and O–H groups in total. The Hall–Kier alpha value is -1.75. The summed E-state index contributed by atoms with van der Waals surface area (Å²) in [5.74, 6) is 1.23. The lowest BCUT2D eigenvalue weighted by atomic mass is 10.0. The SMILES string of the molecule is CCNC(Cc1ncnn1CC(C)C)c1cccc(F)c1. The molecule has 0 aliphatic heterocycles. The lowest BCUT2D eigenvalue weighted by molar-refractivity contribution is 0.446. The molecule has 2 rings (SSSR count). The molecule has 0 radical (unpaired) electrons. The standard InChI is InChI=1S/C16H23FN4/c1-4-18-15(13-6-5-7-14(17)8-13)9-16-19-11-20-21(16)10-12(2)3/h5-8,11-12,15,18H,4,9-10H2,1-3H3. The summed E-state index contributed by atoms with van der Waals surface area (Å²) in [6, 6.07) is 6.78. The monoisotopic (exact) mass is 290 g/mol. The first-order chi connectivity index (χ1) is 10.1. The second-order valence-corrected chi connectivity index (χ2v) is 5.62. The Morgan fingerprint density at radius 1 is 1.33 bits per heavy atom. The predicted octanol–water partition coefficient (Wildman–Crippen LogP) is 2.97. The van der Waals surface area contributed by atoms with Gasteiger partial charge in [-0.15, -0.1) is 0 Å². The van der Waals surface area contributed by atoms with Gasteiger partial charge in [-0.05, 0) is 30.2 Å². The highest BCUT2D eigenvalue weighted by Crippen LogP contribution is 2.18. The molecule has 0 saturated heterocycles. The van der Waals surface area contributed by atoms with E-state index in [4.69, 9.17) is 0 Å². The molecule has 0 spiro atoms. The number of nitrogens with zero attached hydrogens (tertiary/aromatic N) is 3. The number of rotatable bonds is 7. The van der Waals surface area contributed by atoms with Gasteiger partial charge >= 0.3 is 0 Å². The highest BCUT2D eigenvalue weighted by atomic mass is 19.1. The van der Waals surface area contributed by atoms with E-state index >= 15 is 0 Å². The minimum Gasteiger partial charge on any atom is -0.310 e. The number of likely N-dealkylation sites (N-methyl/N-ethyl adjacent to an activating group) is 1. The first kappa shape index (κ1) is 15.6. The molecule has 0 aliphatic carbocycles. The quantitative estimate of drug-likeness (QED) is 0.852. The molecule has 0 fully saturated rings. The van der Waals surface area contributed by atoms with Crippen LogP contribution in [0.4, 0.5) is 4.39 Å². The van der Waals surface area contributed by atoms with Gasteiger partial charge in [-0.25, -0.2) is 14.1 Å². The van der Waals surface area contributed by atoms with Crippen molar-refractivity contribution in [1.29, 1.82) is 0 Å². The minimum absolute atomic E-state index is 0.0424. The highest BCUT2D eigenvalue weighted by molar-refractivity contribution is 5.21. The minimum atomic E-state index is -0.209. The Bertz CT molecular complexity index is 565. The zero-order valence-corrected chi connectivity index (χ0v) is 12.9. The topological polar surface area (TPSA) is 42.7 Å². The van der Waals surface area contributed by atoms with Crippen LogP contribution in [0.2, 0.25) is 0 Å². The summed E-state index contributed by atoms with van der Waals surface area (Å²) in [4.78, 5) is 4.36.